The second kappa shape index (κ2) is 4.19. The lowest BCUT2D eigenvalue weighted by Crippen LogP contribution is -2.42. The Balaban J connectivity index is 2.06. The van der Waals surface area contributed by atoms with Crippen LogP contribution >= 0.6 is 0 Å². The van der Waals surface area contributed by atoms with Crippen molar-refractivity contribution in [2.75, 3.05) is 5.32 Å². The lowest BCUT2D eigenvalue weighted by Gasteiger charge is -2.41. The van der Waals surface area contributed by atoms with Gasteiger partial charge in [0.25, 0.3) is 0 Å². The minimum atomic E-state index is -0.750. The van der Waals surface area contributed by atoms with Crippen molar-refractivity contribution < 1.29 is 15.0 Å². The normalized spacial score (nSPS) is 29.9. The van der Waals surface area contributed by atoms with Crippen LogP contribution in [0.2, 0.25) is 0 Å². The number of anilines is 1. The van der Waals surface area contributed by atoms with E-state index in [1.807, 2.05) is 0 Å². The molecule has 1 fully saturated rings. The van der Waals surface area contributed by atoms with Gasteiger partial charge < -0.3 is 15.5 Å². The van der Waals surface area contributed by atoms with Crippen molar-refractivity contribution in [3.8, 4) is 5.75 Å². The van der Waals surface area contributed by atoms with Crippen LogP contribution in [0.5, 0.6) is 5.75 Å². The number of benzene rings is 1. The Morgan fingerprint density at radius 1 is 1.28 bits per heavy atom. The number of carbonyl (C=O) groups is 1. The van der Waals surface area contributed by atoms with Crippen molar-refractivity contribution in [3.63, 3.8) is 0 Å². The van der Waals surface area contributed by atoms with Gasteiger partial charge in [-0.15, -0.1) is 0 Å². The first-order valence-electron chi connectivity index (χ1n) is 6.49. The fraction of sp³-hybridized carbons (Fsp3) is 0.500. The van der Waals surface area contributed by atoms with Crippen LogP contribution in [0.25, 0.3) is 0 Å². The van der Waals surface area contributed by atoms with E-state index < -0.39 is 11.9 Å². The second-order valence-corrected chi connectivity index (χ2v) is 5.29. The van der Waals surface area contributed by atoms with Gasteiger partial charge >= 0.3 is 5.97 Å². The van der Waals surface area contributed by atoms with Crippen molar-refractivity contribution >= 4 is 11.7 Å². The molecule has 0 bridgehead atoms. The number of fused-ring (bicyclic) bond motifs is 2. The van der Waals surface area contributed by atoms with Gasteiger partial charge in [-0.1, -0.05) is 18.9 Å². The zero-order chi connectivity index (χ0) is 12.7. The van der Waals surface area contributed by atoms with E-state index in [4.69, 9.17) is 0 Å². The Kier molecular flexibility index (Phi) is 2.65. The Morgan fingerprint density at radius 3 is 2.83 bits per heavy atom. The molecule has 1 aliphatic heterocycles. The van der Waals surface area contributed by atoms with E-state index in [1.54, 1.807) is 18.2 Å². The topological polar surface area (TPSA) is 69.6 Å². The van der Waals surface area contributed by atoms with Crippen LogP contribution in [-0.2, 0) is 4.79 Å². The molecule has 0 saturated heterocycles. The molecule has 3 rings (SSSR count). The van der Waals surface area contributed by atoms with E-state index in [-0.39, 0.29) is 17.7 Å². The highest BCUT2D eigenvalue weighted by Gasteiger charge is 2.41. The smallest absolute Gasteiger partial charge is 0.311 e. The Hall–Kier alpha value is -1.71. The van der Waals surface area contributed by atoms with Crippen molar-refractivity contribution in [2.45, 2.75) is 37.6 Å². The van der Waals surface area contributed by atoms with Crippen LogP contribution in [-0.4, -0.2) is 22.2 Å². The maximum absolute atomic E-state index is 11.6. The molecule has 0 radical (unpaired) electrons. The first-order valence-corrected chi connectivity index (χ1v) is 6.49. The summed E-state index contributed by atoms with van der Waals surface area (Å²) in [4.78, 5) is 11.6. The van der Waals surface area contributed by atoms with Crippen LogP contribution in [0.4, 0.5) is 5.69 Å². The molecule has 1 heterocycles. The van der Waals surface area contributed by atoms with Crippen molar-refractivity contribution in [3.05, 3.63) is 23.8 Å². The molecule has 1 aromatic rings. The van der Waals surface area contributed by atoms with E-state index in [2.05, 4.69) is 5.32 Å². The summed E-state index contributed by atoms with van der Waals surface area (Å²) in [6.45, 7) is 0. The molecule has 2 aliphatic rings. The molecule has 4 heteroatoms. The van der Waals surface area contributed by atoms with E-state index in [1.165, 1.54) is 0 Å². The fourth-order valence-corrected chi connectivity index (χ4v) is 3.42. The number of carboxylic acids is 1. The average Bonchev–Trinajstić information content (AvgIpc) is 2.35. The molecule has 1 aromatic carbocycles. The van der Waals surface area contributed by atoms with Gasteiger partial charge in [0.1, 0.15) is 5.75 Å². The van der Waals surface area contributed by atoms with Crippen molar-refractivity contribution in [1.29, 1.82) is 0 Å². The summed E-state index contributed by atoms with van der Waals surface area (Å²) in [5.41, 5.74) is 1.59. The predicted molar refractivity (Wildman–Crippen MR) is 67.9 cm³/mol. The molecular formula is C14H17NO3. The number of aliphatic carboxylic acids is 1. The largest absolute Gasteiger partial charge is 0.508 e. The molecule has 0 spiro atoms. The van der Waals surface area contributed by atoms with Crippen LogP contribution in [0, 0.1) is 5.92 Å². The second-order valence-electron chi connectivity index (χ2n) is 5.29. The van der Waals surface area contributed by atoms with Crippen molar-refractivity contribution in [2.24, 2.45) is 5.92 Å². The Morgan fingerprint density at radius 2 is 2.06 bits per heavy atom. The van der Waals surface area contributed by atoms with Gasteiger partial charge in [0.2, 0.25) is 0 Å². The molecule has 3 N–H and O–H groups in total. The molecule has 3 atom stereocenters. The van der Waals surface area contributed by atoms with Crippen LogP contribution in [0.1, 0.15) is 37.2 Å². The molecule has 0 amide bonds. The standard InChI is InChI=1S/C14H17NO3/c16-8-5-6-10-12(7-8)15-11-4-2-1-3-9(11)13(10)14(17)18/h5-7,9,11,13,15-16H,1-4H2,(H,17,18). The van der Waals surface area contributed by atoms with Gasteiger partial charge in [0.05, 0.1) is 5.92 Å². The van der Waals surface area contributed by atoms with Crippen molar-refractivity contribution in [1.82, 2.24) is 0 Å². The lowest BCUT2D eigenvalue weighted by molar-refractivity contribution is -0.140. The van der Waals surface area contributed by atoms with Gasteiger partial charge in [-0.05, 0) is 30.4 Å². The van der Waals surface area contributed by atoms with Crippen LogP contribution < -0.4 is 5.32 Å². The van der Waals surface area contributed by atoms with E-state index >= 15 is 0 Å². The molecule has 4 nitrogen and oxygen atoms in total. The SMILES string of the molecule is O=C(O)C1c2ccc(O)cc2NC2CCCCC21. The number of carboxylic acid groups (broad SMARTS) is 1. The van der Waals surface area contributed by atoms with E-state index in [0.717, 1.165) is 36.9 Å². The van der Waals surface area contributed by atoms with Gasteiger partial charge in [-0.25, -0.2) is 0 Å². The number of nitrogens with one attached hydrogen (secondary N) is 1. The third-order valence-electron chi connectivity index (χ3n) is 4.23. The summed E-state index contributed by atoms with van der Waals surface area (Å²) in [5.74, 6) is -0.833. The molecule has 1 aliphatic carbocycles. The molecule has 96 valence electrons. The highest BCUT2D eigenvalue weighted by molar-refractivity contribution is 5.81. The minimum absolute atomic E-state index is 0.174. The monoisotopic (exact) mass is 247 g/mol. The maximum atomic E-state index is 11.6. The summed E-state index contributed by atoms with van der Waals surface area (Å²) in [7, 11) is 0. The van der Waals surface area contributed by atoms with E-state index in [0.29, 0.717) is 0 Å². The Bertz CT molecular complexity index is 486. The quantitative estimate of drug-likeness (QED) is 0.713. The summed E-state index contributed by atoms with van der Waals surface area (Å²) < 4.78 is 0. The average molecular weight is 247 g/mol. The summed E-state index contributed by atoms with van der Waals surface area (Å²) in [6, 6.07) is 5.17. The zero-order valence-corrected chi connectivity index (χ0v) is 10.1. The third kappa shape index (κ3) is 1.72. The van der Waals surface area contributed by atoms with Gasteiger partial charge in [0, 0.05) is 17.8 Å². The summed E-state index contributed by atoms with van der Waals surface area (Å²) in [5, 5.41) is 22.4. The molecule has 0 aromatic heterocycles. The molecule has 18 heavy (non-hydrogen) atoms. The molecule has 3 unspecified atom stereocenters. The summed E-state index contributed by atoms with van der Waals surface area (Å²) >= 11 is 0. The van der Waals surface area contributed by atoms with E-state index in [9.17, 15) is 15.0 Å². The third-order valence-corrected chi connectivity index (χ3v) is 4.23. The number of hydrogen-bond acceptors (Lipinski definition) is 3. The first kappa shape index (κ1) is 11.4. The zero-order valence-electron chi connectivity index (χ0n) is 10.1. The van der Waals surface area contributed by atoms with Crippen LogP contribution in [0.15, 0.2) is 18.2 Å². The maximum Gasteiger partial charge on any atom is 0.311 e. The van der Waals surface area contributed by atoms with Gasteiger partial charge in [-0.3, -0.25) is 4.79 Å². The van der Waals surface area contributed by atoms with Gasteiger partial charge in [0.15, 0.2) is 0 Å². The minimum Gasteiger partial charge on any atom is -0.508 e. The summed E-state index contributed by atoms with van der Waals surface area (Å²) in [6.07, 6.45) is 4.24. The molecular weight excluding hydrogens is 230 g/mol. The lowest BCUT2D eigenvalue weighted by atomic mass is 9.71. The number of hydrogen-bond donors (Lipinski definition) is 3. The number of aromatic hydroxyl groups is 1. The van der Waals surface area contributed by atoms with Crippen LogP contribution in [0.3, 0.4) is 0 Å². The highest BCUT2D eigenvalue weighted by atomic mass is 16.4. The first-order chi connectivity index (χ1) is 8.66. The Labute approximate surface area is 106 Å². The number of rotatable bonds is 1. The van der Waals surface area contributed by atoms with Gasteiger partial charge in [-0.2, -0.15) is 0 Å². The predicted octanol–water partition coefficient (Wildman–Crippen LogP) is 2.54. The highest BCUT2D eigenvalue weighted by Crippen LogP contribution is 2.45. The number of phenols is 1. The molecule has 1 saturated carbocycles. The number of phenolic OH excluding ortho intramolecular Hbond substituents is 1. The fourth-order valence-electron chi connectivity index (χ4n) is 3.42.